The third-order valence-electron chi connectivity index (χ3n) is 6.43. The van der Waals surface area contributed by atoms with Gasteiger partial charge in [0, 0.05) is 3.92 Å². The first-order valence-corrected chi connectivity index (χ1v) is 9.89. The van der Waals surface area contributed by atoms with Crippen LogP contribution in [0.4, 0.5) is 13.2 Å². The molecule has 0 heterocycles. The standard InChI is InChI=1S/C17H26F3I/c18-17(19,20)15-9-11-1-5-13(15)6-2-12-4-8-14(7-3-11)16(21)10-12/h11-16H,1-10H2. The highest BCUT2D eigenvalue weighted by molar-refractivity contribution is 14.1. The molecule has 0 aromatic rings. The molecule has 0 spiro atoms. The fourth-order valence-corrected chi connectivity index (χ4v) is 6.51. The van der Waals surface area contributed by atoms with Crippen LogP contribution in [0.1, 0.15) is 64.2 Å². The lowest BCUT2D eigenvalue weighted by atomic mass is 9.67. The summed E-state index contributed by atoms with van der Waals surface area (Å²) in [7, 11) is 0. The number of alkyl halides is 4. The van der Waals surface area contributed by atoms with Crippen molar-refractivity contribution in [3.8, 4) is 0 Å². The van der Waals surface area contributed by atoms with Crippen LogP contribution in [-0.2, 0) is 0 Å². The third-order valence-corrected chi connectivity index (χ3v) is 7.96. The maximum Gasteiger partial charge on any atom is 0.392 e. The summed E-state index contributed by atoms with van der Waals surface area (Å²) in [4.78, 5) is 0. The van der Waals surface area contributed by atoms with Gasteiger partial charge in [-0.15, -0.1) is 0 Å². The molecule has 6 rings (SSSR count). The molecule has 21 heavy (non-hydrogen) atoms. The summed E-state index contributed by atoms with van der Waals surface area (Å²) in [5.74, 6) is 0.682. The smallest absolute Gasteiger partial charge is 0.171 e. The SMILES string of the molecule is FC(F)(F)C1CC2CCC3CCC(CCC1CC2)CC3I. The molecule has 6 unspecified atom stereocenters. The summed E-state index contributed by atoms with van der Waals surface area (Å²) in [5.41, 5.74) is 0. The molecule has 6 saturated carbocycles. The van der Waals surface area contributed by atoms with Gasteiger partial charge in [-0.25, -0.2) is 0 Å². The summed E-state index contributed by atoms with van der Waals surface area (Å²) in [6, 6.07) is 0. The van der Waals surface area contributed by atoms with Gasteiger partial charge in [0.05, 0.1) is 5.92 Å². The molecule has 6 atom stereocenters. The molecular weight excluding hydrogens is 388 g/mol. The molecule has 0 aromatic carbocycles. The second kappa shape index (κ2) is 6.56. The van der Waals surface area contributed by atoms with Gasteiger partial charge in [-0.2, -0.15) is 13.2 Å². The molecule has 6 aliphatic carbocycles. The highest BCUT2D eigenvalue weighted by atomic mass is 127. The molecule has 0 amide bonds. The Hall–Kier alpha value is 0.520. The van der Waals surface area contributed by atoms with Gasteiger partial charge < -0.3 is 0 Å². The molecular formula is C17H26F3I. The number of hydrogen-bond donors (Lipinski definition) is 0. The molecule has 0 N–H and O–H groups in total. The quantitative estimate of drug-likeness (QED) is 0.319. The molecule has 6 aliphatic rings. The second-order valence-corrected chi connectivity index (χ2v) is 9.30. The van der Waals surface area contributed by atoms with Gasteiger partial charge in [-0.3, -0.25) is 0 Å². The van der Waals surface area contributed by atoms with E-state index in [0.717, 1.165) is 41.9 Å². The first-order chi connectivity index (χ1) is 9.93. The molecule has 0 radical (unpaired) electrons. The van der Waals surface area contributed by atoms with Crippen LogP contribution in [0.25, 0.3) is 0 Å². The molecule has 0 aromatic heterocycles. The monoisotopic (exact) mass is 414 g/mol. The Morgan fingerprint density at radius 1 is 0.667 bits per heavy atom. The summed E-state index contributed by atoms with van der Waals surface area (Å²) in [6.07, 6.45) is 6.18. The minimum Gasteiger partial charge on any atom is -0.171 e. The summed E-state index contributed by atoms with van der Waals surface area (Å²) < 4.78 is 40.9. The zero-order valence-corrected chi connectivity index (χ0v) is 14.7. The van der Waals surface area contributed by atoms with Gasteiger partial charge in [0.25, 0.3) is 0 Å². The van der Waals surface area contributed by atoms with Gasteiger partial charge in [-0.1, -0.05) is 48.3 Å². The van der Waals surface area contributed by atoms with E-state index in [1.165, 1.54) is 25.7 Å². The van der Waals surface area contributed by atoms with Crippen LogP contribution in [0.3, 0.4) is 0 Å². The van der Waals surface area contributed by atoms with E-state index in [-0.39, 0.29) is 5.92 Å². The molecule has 0 nitrogen and oxygen atoms in total. The van der Waals surface area contributed by atoms with Crippen LogP contribution in [0, 0.1) is 29.6 Å². The minimum absolute atomic E-state index is 0.0916. The summed E-state index contributed by atoms with van der Waals surface area (Å²) >= 11 is 2.61. The maximum absolute atomic E-state index is 13.4. The van der Waals surface area contributed by atoms with Crippen molar-refractivity contribution in [2.45, 2.75) is 74.3 Å². The molecule has 0 saturated heterocycles. The fraction of sp³-hybridized carbons (Fsp3) is 1.00. The van der Waals surface area contributed by atoms with Crippen molar-refractivity contribution in [1.29, 1.82) is 0 Å². The molecule has 4 heteroatoms. The summed E-state index contributed by atoms with van der Waals surface area (Å²) in [6.45, 7) is 0. The fourth-order valence-electron chi connectivity index (χ4n) is 5.08. The van der Waals surface area contributed by atoms with Crippen molar-refractivity contribution in [2.75, 3.05) is 0 Å². The van der Waals surface area contributed by atoms with Crippen LogP contribution in [0.5, 0.6) is 0 Å². The Bertz CT molecular complexity index is 354. The zero-order chi connectivity index (χ0) is 15.0. The minimum atomic E-state index is -3.97. The van der Waals surface area contributed by atoms with E-state index >= 15 is 0 Å². The Morgan fingerprint density at radius 3 is 1.67 bits per heavy atom. The highest BCUT2D eigenvalue weighted by Crippen LogP contribution is 2.49. The van der Waals surface area contributed by atoms with Crippen LogP contribution in [0.15, 0.2) is 0 Å². The predicted molar refractivity (Wildman–Crippen MR) is 87.5 cm³/mol. The lowest BCUT2D eigenvalue weighted by Gasteiger charge is -2.41. The van der Waals surface area contributed by atoms with E-state index in [1.54, 1.807) is 0 Å². The van der Waals surface area contributed by atoms with E-state index in [0.29, 0.717) is 18.3 Å². The average molecular weight is 414 g/mol. The molecule has 6 fully saturated rings. The van der Waals surface area contributed by atoms with Gasteiger partial charge in [0.2, 0.25) is 0 Å². The molecule has 0 aliphatic heterocycles. The van der Waals surface area contributed by atoms with Crippen LogP contribution in [0.2, 0.25) is 0 Å². The van der Waals surface area contributed by atoms with Crippen LogP contribution < -0.4 is 0 Å². The lowest BCUT2D eigenvalue weighted by molar-refractivity contribution is -0.202. The van der Waals surface area contributed by atoms with Crippen molar-refractivity contribution in [3.05, 3.63) is 0 Å². The number of rotatable bonds is 0. The van der Waals surface area contributed by atoms with Gasteiger partial charge in [0.1, 0.15) is 0 Å². The van der Waals surface area contributed by atoms with Crippen molar-refractivity contribution < 1.29 is 13.2 Å². The normalized spacial score (nSPS) is 45.1. The maximum atomic E-state index is 13.4. The number of hydrogen-bond acceptors (Lipinski definition) is 0. The number of halogens is 4. The van der Waals surface area contributed by atoms with Gasteiger partial charge >= 0.3 is 6.18 Å². The Kier molecular flexibility index (Phi) is 5.12. The first-order valence-electron chi connectivity index (χ1n) is 8.64. The first kappa shape index (κ1) is 16.4. The van der Waals surface area contributed by atoms with Gasteiger partial charge in [-0.05, 0) is 62.2 Å². The Morgan fingerprint density at radius 2 is 1.14 bits per heavy atom. The van der Waals surface area contributed by atoms with E-state index < -0.39 is 12.1 Å². The van der Waals surface area contributed by atoms with Gasteiger partial charge in [0.15, 0.2) is 0 Å². The average Bonchev–Trinajstić information content (AvgIpc) is 2.41. The molecule has 4 bridgehead atoms. The highest BCUT2D eigenvalue weighted by Gasteiger charge is 2.47. The van der Waals surface area contributed by atoms with Crippen molar-refractivity contribution in [3.63, 3.8) is 0 Å². The lowest BCUT2D eigenvalue weighted by Crippen LogP contribution is -2.37. The third kappa shape index (κ3) is 3.89. The topological polar surface area (TPSA) is 0 Å². The van der Waals surface area contributed by atoms with Crippen molar-refractivity contribution >= 4 is 22.6 Å². The van der Waals surface area contributed by atoms with E-state index in [1.807, 2.05) is 0 Å². The predicted octanol–water partition coefficient (Wildman–Crippen LogP) is 6.38. The van der Waals surface area contributed by atoms with Crippen molar-refractivity contribution in [2.24, 2.45) is 29.6 Å². The van der Waals surface area contributed by atoms with E-state index in [4.69, 9.17) is 0 Å². The largest absolute Gasteiger partial charge is 0.392 e. The Labute approximate surface area is 139 Å². The Balaban J connectivity index is 1.75. The zero-order valence-electron chi connectivity index (χ0n) is 12.5. The van der Waals surface area contributed by atoms with E-state index in [9.17, 15) is 13.2 Å². The van der Waals surface area contributed by atoms with Crippen molar-refractivity contribution in [1.82, 2.24) is 0 Å². The van der Waals surface area contributed by atoms with Crippen LogP contribution >= 0.6 is 22.6 Å². The summed E-state index contributed by atoms with van der Waals surface area (Å²) in [5, 5.41) is 0. The second-order valence-electron chi connectivity index (χ2n) is 7.70. The van der Waals surface area contributed by atoms with E-state index in [2.05, 4.69) is 22.6 Å². The molecule has 122 valence electrons. The van der Waals surface area contributed by atoms with Crippen LogP contribution in [-0.4, -0.2) is 10.1 Å².